The van der Waals surface area contributed by atoms with E-state index in [1.807, 2.05) is 30.3 Å². The molecule has 100 valence electrons. The van der Waals surface area contributed by atoms with Gasteiger partial charge in [-0.05, 0) is 30.3 Å². The number of methoxy groups -OCH3 is 1. The highest BCUT2D eigenvalue weighted by atomic mass is 79.9. The van der Waals surface area contributed by atoms with Gasteiger partial charge in [0.1, 0.15) is 5.82 Å². The summed E-state index contributed by atoms with van der Waals surface area (Å²) in [4.78, 5) is 19.2. The number of rotatable bonds is 2. The van der Waals surface area contributed by atoms with E-state index in [2.05, 4.69) is 30.6 Å². The van der Waals surface area contributed by atoms with Crippen LogP contribution in [0.3, 0.4) is 0 Å². The number of halogens is 1. The molecule has 0 saturated heterocycles. The molecule has 1 N–H and O–H groups in total. The Morgan fingerprint density at radius 1 is 1.20 bits per heavy atom. The van der Waals surface area contributed by atoms with Crippen molar-refractivity contribution >= 4 is 32.9 Å². The second kappa shape index (κ2) is 5.09. The average Bonchev–Trinajstić information content (AvgIpc) is 2.89. The number of benzene rings is 2. The standard InChI is InChI=1S/C15H11BrN2O2/c1-20-15(19)10-4-2-9(3-5-10)14-17-12-7-6-11(16)8-13(12)18-14/h2-8H,1H3,(H,17,18). The van der Waals surface area contributed by atoms with E-state index in [0.29, 0.717) is 5.56 Å². The zero-order valence-electron chi connectivity index (χ0n) is 10.7. The zero-order valence-corrected chi connectivity index (χ0v) is 12.3. The number of aromatic amines is 1. The Hall–Kier alpha value is -2.14. The van der Waals surface area contributed by atoms with Gasteiger partial charge in [-0.3, -0.25) is 0 Å². The van der Waals surface area contributed by atoms with Crippen LogP contribution in [0.4, 0.5) is 0 Å². The van der Waals surface area contributed by atoms with Crippen LogP contribution >= 0.6 is 15.9 Å². The number of nitrogens with zero attached hydrogens (tertiary/aromatic N) is 1. The molecule has 3 rings (SSSR count). The first kappa shape index (κ1) is 12.9. The number of aromatic nitrogens is 2. The molecule has 0 saturated carbocycles. The van der Waals surface area contributed by atoms with Crippen LogP contribution in [0.25, 0.3) is 22.4 Å². The number of ether oxygens (including phenoxy) is 1. The predicted octanol–water partition coefficient (Wildman–Crippen LogP) is 3.78. The molecular formula is C15H11BrN2O2. The fourth-order valence-corrected chi connectivity index (χ4v) is 2.36. The second-order valence-corrected chi connectivity index (χ2v) is 5.23. The summed E-state index contributed by atoms with van der Waals surface area (Å²) in [5.41, 5.74) is 3.31. The zero-order chi connectivity index (χ0) is 14.1. The maximum Gasteiger partial charge on any atom is 0.337 e. The van der Waals surface area contributed by atoms with Crippen molar-refractivity contribution < 1.29 is 9.53 Å². The van der Waals surface area contributed by atoms with Crippen LogP contribution in [0.1, 0.15) is 10.4 Å². The molecule has 0 spiro atoms. The summed E-state index contributed by atoms with van der Waals surface area (Å²) in [5, 5.41) is 0. The predicted molar refractivity (Wildman–Crippen MR) is 80.6 cm³/mol. The number of esters is 1. The molecular weight excluding hydrogens is 320 g/mol. The van der Waals surface area contributed by atoms with Gasteiger partial charge in [-0.1, -0.05) is 28.1 Å². The van der Waals surface area contributed by atoms with Crippen LogP contribution in [-0.4, -0.2) is 23.0 Å². The summed E-state index contributed by atoms with van der Waals surface area (Å²) in [7, 11) is 1.37. The first-order valence-corrected chi connectivity index (χ1v) is 6.81. The maximum atomic E-state index is 11.4. The van der Waals surface area contributed by atoms with Gasteiger partial charge in [0.05, 0.1) is 23.7 Å². The molecule has 0 bridgehead atoms. The normalized spacial score (nSPS) is 10.7. The van der Waals surface area contributed by atoms with Gasteiger partial charge in [0, 0.05) is 10.0 Å². The number of carbonyl (C=O) groups excluding carboxylic acids is 1. The van der Waals surface area contributed by atoms with Crippen molar-refractivity contribution in [3.8, 4) is 11.4 Å². The lowest BCUT2D eigenvalue weighted by atomic mass is 10.1. The topological polar surface area (TPSA) is 55.0 Å². The number of fused-ring (bicyclic) bond motifs is 1. The molecule has 0 aliphatic heterocycles. The average molecular weight is 331 g/mol. The van der Waals surface area contributed by atoms with E-state index in [1.54, 1.807) is 12.1 Å². The van der Waals surface area contributed by atoms with E-state index in [-0.39, 0.29) is 5.97 Å². The highest BCUT2D eigenvalue weighted by Gasteiger charge is 2.08. The van der Waals surface area contributed by atoms with Crippen molar-refractivity contribution in [3.63, 3.8) is 0 Å². The minimum atomic E-state index is -0.343. The highest BCUT2D eigenvalue weighted by molar-refractivity contribution is 9.10. The van der Waals surface area contributed by atoms with Crippen LogP contribution in [0.2, 0.25) is 0 Å². The van der Waals surface area contributed by atoms with Crippen molar-refractivity contribution in [2.24, 2.45) is 0 Å². The molecule has 0 atom stereocenters. The number of hydrogen-bond donors (Lipinski definition) is 1. The summed E-state index contributed by atoms with van der Waals surface area (Å²) in [6.07, 6.45) is 0. The van der Waals surface area contributed by atoms with Gasteiger partial charge in [-0.15, -0.1) is 0 Å². The Kier molecular flexibility index (Phi) is 3.28. The molecule has 0 aliphatic carbocycles. The van der Waals surface area contributed by atoms with E-state index in [9.17, 15) is 4.79 Å². The SMILES string of the molecule is COC(=O)c1ccc(-c2nc3ccc(Br)cc3[nH]2)cc1. The third-order valence-electron chi connectivity index (χ3n) is 3.02. The lowest BCUT2D eigenvalue weighted by Crippen LogP contribution is -2.00. The fourth-order valence-electron chi connectivity index (χ4n) is 2.00. The molecule has 0 radical (unpaired) electrons. The van der Waals surface area contributed by atoms with E-state index in [4.69, 9.17) is 0 Å². The van der Waals surface area contributed by atoms with Crippen LogP contribution in [0.5, 0.6) is 0 Å². The Balaban J connectivity index is 2.00. The number of carbonyl (C=O) groups is 1. The Labute approximate surface area is 123 Å². The van der Waals surface area contributed by atoms with Crippen molar-refractivity contribution in [1.82, 2.24) is 9.97 Å². The van der Waals surface area contributed by atoms with Crippen molar-refractivity contribution in [2.75, 3.05) is 7.11 Å². The van der Waals surface area contributed by atoms with Gasteiger partial charge >= 0.3 is 5.97 Å². The van der Waals surface area contributed by atoms with Crippen molar-refractivity contribution in [3.05, 3.63) is 52.5 Å². The molecule has 3 aromatic rings. The number of H-pyrrole nitrogens is 1. The lowest BCUT2D eigenvalue weighted by molar-refractivity contribution is 0.0601. The molecule has 1 aromatic heterocycles. The maximum absolute atomic E-state index is 11.4. The first-order chi connectivity index (χ1) is 9.67. The largest absolute Gasteiger partial charge is 0.465 e. The summed E-state index contributed by atoms with van der Waals surface area (Å²) in [6, 6.07) is 13.0. The molecule has 2 aromatic carbocycles. The molecule has 4 nitrogen and oxygen atoms in total. The third-order valence-corrected chi connectivity index (χ3v) is 3.52. The number of nitrogens with one attached hydrogen (secondary N) is 1. The van der Waals surface area contributed by atoms with Crippen molar-refractivity contribution in [2.45, 2.75) is 0 Å². The molecule has 5 heteroatoms. The highest BCUT2D eigenvalue weighted by Crippen LogP contribution is 2.23. The van der Waals surface area contributed by atoms with E-state index in [0.717, 1.165) is 26.9 Å². The van der Waals surface area contributed by atoms with E-state index in [1.165, 1.54) is 7.11 Å². The quantitative estimate of drug-likeness (QED) is 0.727. The Morgan fingerprint density at radius 3 is 2.65 bits per heavy atom. The van der Waals surface area contributed by atoms with Crippen LogP contribution in [-0.2, 0) is 4.74 Å². The van der Waals surface area contributed by atoms with Gasteiger partial charge < -0.3 is 9.72 Å². The van der Waals surface area contributed by atoms with Gasteiger partial charge in [0.25, 0.3) is 0 Å². The summed E-state index contributed by atoms with van der Waals surface area (Å²) in [6.45, 7) is 0. The van der Waals surface area contributed by atoms with Crippen LogP contribution in [0.15, 0.2) is 46.9 Å². The van der Waals surface area contributed by atoms with Gasteiger partial charge in [0.2, 0.25) is 0 Å². The fraction of sp³-hybridized carbons (Fsp3) is 0.0667. The number of hydrogen-bond acceptors (Lipinski definition) is 3. The van der Waals surface area contributed by atoms with Gasteiger partial charge in [0.15, 0.2) is 0 Å². The third kappa shape index (κ3) is 2.32. The molecule has 0 fully saturated rings. The summed E-state index contributed by atoms with van der Waals surface area (Å²) < 4.78 is 5.68. The molecule has 20 heavy (non-hydrogen) atoms. The van der Waals surface area contributed by atoms with E-state index < -0.39 is 0 Å². The smallest absolute Gasteiger partial charge is 0.337 e. The number of imidazole rings is 1. The minimum Gasteiger partial charge on any atom is -0.465 e. The van der Waals surface area contributed by atoms with Crippen LogP contribution < -0.4 is 0 Å². The molecule has 0 unspecified atom stereocenters. The molecule has 1 heterocycles. The summed E-state index contributed by atoms with van der Waals surface area (Å²) in [5.74, 6) is 0.430. The van der Waals surface area contributed by atoms with E-state index >= 15 is 0 Å². The monoisotopic (exact) mass is 330 g/mol. The lowest BCUT2D eigenvalue weighted by Gasteiger charge is -2.00. The summed E-state index contributed by atoms with van der Waals surface area (Å²) >= 11 is 3.43. The van der Waals surface area contributed by atoms with Gasteiger partial charge in [-0.2, -0.15) is 0 Å². The van der Waals surface area contributed by atoms with Gasteiger partial charge in [-0.25, -0.2) is 9.78 Å². The Morgan fingerprint density at radius 2 is 1.95 bits per heavy atom. The molecule has 0 aliphatic rings. The Bertz CT molecular complexity index is 778. The van der Waals surface area contributed by atoms with Crippen LogP contribution in [0, 0.1) is 0 Å². The molecule has 0 amide bonds. The van der Waals surface area contributed by atoms with Crippen molar-refractivity contribution in [1.29, 1.82) is 0 Å². The second-order valence-electron chi connectivity index (χ2n) is 4.32. The minimum absolute atomic E-state index is 0.343. The first-order valence-electron chi connectivity index (χ1n) is 6.01.